The SMILES string of the molecule is Cc1ccc(S(=O)(=O)N(CC(=O)NC(C)c2ccc3c(c2)CCCC3)c2cccc(C(F)(F)F)c2)cc1. The van der Waals surface area contributed by atoms with Crippen LogP contribution in [0.15, 0.2) is 71.6 Å². The van der Waals surface area contributed by atoms with Gasteiger partial charge in [-0.05, 0) is 86.6 Å². The van der Waals surface area contributed by atoms with Crippen LogP contribution < -0.4 is 9.62 Å². The number of alkyl halides is 3. The molecule has 0 bridgehead atoms. The van der Waals surface area contributed by atoms with Crippen LogP contribution in [0.4, 0.5) is 18.9 Å². The average molecular weight is 531 g/mol. The summed E-state index contributed by atoms with van der Waals surface area (Å²) in [6, 6.07) is 15.6. The zero-order valence-corrected chi connectivity index (χ0v) is 21.5. The van der Waals surface area contributed by atoms with Crippen LogP contribution in [0.1, 0.15) is 53.6 Å². The predicted octanol–water partition coefficient (Wildman–Crippen LogP) is 5.97. The summed E-state index contributed by atoms with van der Waals surface area (Å²) < 4.78 is 67.9. The second-order valence-corrected chi connectivity index (χ2v) is 11.3. The van der Waals surface area contributed by atoms with Crippen LogP contribution in [-0.4, -0.2) is 20.9 Å². The summed E-state index contributed by atoms with van der Waals surface area (Å²) in [5, 5.41) is 2.81. The highest BCUT2D eigenvalue weighted by molar-refractivity contribution is 7.92. The molecular formula is C28H29F3N2O3S. The fourth-order valence-electron chi connectivity index (χ4n) is 4.51. The Bertz CT molecular complexity index is 1390. The van der Waals surface area contributed by atoms with E-state index in [1.165, 1.54) is 29.3 Å². The smallest absolute Gasteiger partial charge is 0.348 e. The normalized spacial score (nSPS) is 14.5. The number of rotatable bonds is 7. The number of nitrogens with zero attached hydrogens (tertiary/aromatic N) is 1. The van der Waals surface area contributed by atoms with Crippen LogP contribution in [0.3, 0.4) is 0 Å². The van der Waals surface area contributed by atoms with Gasteiger partial charge < -0.3 is 5.32 Å². The maximum atomic E-state index is 13.5. The van der Waals surface area contributed by atoms with E-state index in [-0.39, 0.29) is 10.6 Å². The first-order chi connectivity index (χ1) is 17.4. The Morgan fingerprint density at radius 2 is 1.65 bits per heavy atom. The second kappa shape index (κ2) is 10.6. The van der Waals surface area contributed by atoms with Gasteiger partial charge in [0.1, 0.15) is 6.54 Å². The van der Waals surface area contributed by atoms with Crippen LogP contribution in [0.2, 0.25) is 0 Å². The first kappa shape index (κ1) is 26.7. The van der Waals surface area contributed by atoms with Gasteiger partial charge in [0.05, 0.1) is 22.2 Å². The number of benzene rings is 3. The van der Waals surface area contributed by atoms with Crippen molar-refractivity contribution in [2.75, 3.05) is 10.8 Å². The predicted molar refractivity (Wildman–Crippen MR) is 137 cm³/mol. The van der Waals surface area contributed by atoms with Crippen molar-refractivity contribution in [1.82, 2.24) is 5.32 Å². The van der Waals surface area contributed by atoms with Crippen molar-refractivity contribution in [3.8, 4) is 0 Å². The molecule has 0 aliphatic heterocycles. The van der Waals surface area contributed by atoms with E-state index in [4.69, 9.17) is 0 Å². The summed E-state index contributed by atoms with van der Waals surface area (Å²) in [5.74, 6) is -0.627. The van der Waals surface area contributed by atoms with Crippen LogP contribution in [0, 0.1) is 6.92 Å². The first-order valence-electron chi connectivity index (χ1n) is 12.1. The Labute approximate surface area is 215 Å². The van der Waals surface area contributed by atoms with E-state index in [9.17, 15) is 26.4 Å². The molecule has 0 aromatic heterocycles. The number of carbonyl (C=O) groups is 1. The minimum absolute atomic E-state index is 0.119. The lowest BCUT2D eigenvalue weighted by molar-refractivity contribution is -0.137. The van der Waals surface area contributed by atoms with Crippen molar-refractivity contribution in [3.05, 3.63) is 94.5 Å². The summed E-state index contributed by atoms with van der Waals surface area (Å²) in [6.45, 7) is 2.91. The van der Waals surface area contributed by atoms with Crippen LogP contribution >= 0.6 is 0 Å². The molecule has 0 saturated heterocycles. The summed E-state index contributed by atoms with van der Waals surface area (Å²) in [4.78, 5) is 13.0. The topological polar surface area (TPSA) is 66.5 Å². The Morgan fingerprint density at radius 1 is 0.973 bits per heavy atom. The third-order valence-electron chi connectivity index (χ3n) is 6.61. The molecule has 196 valence electrons. The molecule has 0 radical (unpaired) electrons. The van der Waals surface area contributed by atoms with E-state index >= 15 is 0 Å². The number of hydrogen-bond acceptors (Lipinski definition) is 3. The van der Waals surface area contributed by atoms with Crippen LogP contribution in [0.5, 0.6) is 0 Å². The molecular weight excluding hydrogens is 501 g/mol. The molecule has 1 unspecified atom stereocenters. The molecule has 9 heteroatoms. The summed E-state index contributed by atoms with van der Waals surface area (Å²) >= 11 is 0. The second-order valence-electron chi connectivity index (χ2n) is 9.40. The fourth-order valence-corrected chi connectivity index (χ4v) is 5.93. The number of halogens is 3. The Morgan fingerprint density at radius 3 is 2.32 bits per heavy atom. The Kier molecular flexibility index (Phi) is 7.64. The van der Waals surface area contributed by atoms with E-state index < -0.39 is 40.3 Å². The lowest BCUT2D eigenvalue weighted by Gasteiger charge is -2.26. The van der Waals surface area contributed by atoms with Gasteiger partial charge in [0, 0.05) is 0 Å². The third-order valence-corrected chi connectivity index (χ3v) is 8.40. The molecule has 1 amide bonds. The van der Waals surface area contributed by atoms with Gasteiger partial charge in [-0.2, -0.15) is 13.2 Å². The standard InChI is InChI=1S/C28H29F3N2O3S/c1-19-10-14-26(15-11-19)37(35,36)33(25-9-5-8-24(17-25)28(29,30)31)18-27(34)32-20(2)22-13-12-21-6-3-4-7-23(21)16-22/h5,8-17,20H,3-4,6-7,18H2,1-2H3,(H,32,34). The molecule has 1 N–H and O–H groups in total. The Hall–Kier alpha value is -3.33. The summed E-state index contributed by atoms with van der Waals surface area (Å²) in [7, 11) is -4.34. The van der Waals surface area contributed by atoms with Gasteiger partial charge in [-0.15, -0.1) is 0 Å². The number of sulfonamides is 1. The van der Waals surface area contributed by atoms with E-state index in [1.54, 1.807) is 26.0 Å². The van der Waals surface area contributed by atoms with Crippen molar-refractivity contribution in [2.45, 2.75) is 56.6 Å². The minimum atomic E-state index is -4.67. The molecule has 1 aliphatic carbocycles. The van der Waals surface area contributed by atoms with E-state index in [0.717, 1.165) is 59.3 Å². The maximum absolute atomic E-state index is 13.5. The molecule has 0 fully saturated rings. The molecule has 0 heterocycles. The maximum Gasteiger partial charge on any atom is 0.416 e. The lowest BCUT2D eigenvalue weighted by atomic mass is 9.89. The minimum Gasteiger partial charge on any atom is -0.348 e. The molecule has 3 aromatic carbocycles. The number of amides is 1. The highest BCUT2D eigenvalue weighted by atomic mass is 32.2. The molecule has 0 spiro atoms. The highest BCUT2D eigenvalue weighted by Gasteiger charge is 2.33. The molecule has 3 aromatic rings. The number of hydrogen-bond donors (Lipinski definition) is 1. The van der Waals surface area contributed by atoms with E-state index in [2.05, 4.69) is 17.4 Å². The number of aryl methyl sites for hydroxylation is 3. The summed E-state index contributed by atoms with van der Waals surface area (Å²) in [6.07, 6.45) is -0.404. The number of fused-ring (bicyclic) bond motifs is 1. The first-order valence-corrected chi connectivity index (χ1v) is 13.6. The van der Waals surface area contributed by atoms with Crippen molar-refractivity contribution in [1.29, 1.82) is 0 Å². The fraction of sp³-hybridized carbons (Fsp3) is 0.321. The van der Waals surface area contributed by atoms with Gasteiger partial charge in [-0.25, -0.2) is 8.42 Å². The van der Waals surface area contributed by atoms with Gasteiger partial charge in [-0.1, -0.05) is 42.0 Å². The highest BCUT2D eigenvalue weighted by Crippen LogP contribution is 2.33. The quantitative estimate of drug-likeness (QED) is 0.410. The van der Waals surface area contributed by atoms with Gasteiger partial charge >= 0.3 is 6.18 Å². The van der Waals surface area contributed by atoms with Crippen molar-refractivity contribution >= 4 is 21.6 Å². The largest absolute Gasteiger partial charge is 0.416 e. The zero-order valence-electron chi connectivity index (χ0n) is 20.7. The third kappa shape index (κ3) is 6.15. The number of anilines is 1. The van der Waals surface area contributed by atoms with Gasteiger partial charge in [0.25, 0.3) is 10.0 Å². The molecule has 1 aliphatic rings. The zero-order chi connectivity index (χ0) is 26.8. The van der Waals surface area contributed by atoms with Crippen molar-refractivity contribution in [2.24, 2.45) is 0 Å². The van der Waals surface area contributed by atoms with Gasteiger partial charge in [-0.3, -0.25) is 9.10 Å². The van der Waals surface area contributed by atoms with Crippen LogP contribution in [-0.2, 0) is 33.8 Å². The van der Waals surface area contributed by atoms with Crippen molar-refractivity contribution < 1.29 is 26.4 Å². The molecule has 0 saturated carbocycles. The van der Waals surface area contributed by atoms with E-state index in [1.807, 2.05) is 6.07 Å². The Balaban J connectivity index is 1.62. The van der Waals surface area contributed by atoms with Gasteiger partial charge in [0.15, 0.2) is 0 Å². The average Bonchev–Trinajstić information content (AvgIpc) is 2.86. The number of nitrogens with one attached hydrogen (secondary N) is 1. The number of carbonyl (C=O) groups excluding carboxylic acids is 1. The molecule has 37 heavy (non-hydrogen) atoms. The molecule has 5 nitrogen and oxygen atoms in total. The molecule has 1 atom stereocenters. The van der Waals surface area contributed by atoms with E-state index in [0.29, 0.717) is 0 Å². The monoisotopic (exact) mass is 530 g/mol. The lowest BCUT2D eigenvalue weighted by Crippen LogP contribution is -2.41. The van der Waals surface area contributed by atoms with Gasteiger partial charge in [0.2, 0.25) is 5.91 Å². The molecule has 4 rings (SSSR count). The summed E-state index contributed by atoms with van der Waals surface area (Å²) in [5.41, 5.74) is 3.01. The van der Waals surface area contributed by atoms with Crippen molar-refractivity contribution in [3.63, 3.8) is 0 Å². The van der Waals surface area contributed by atoms with Crippen LogP contribution in [0.25, 0.3) is 0 Å².